The fourth-order valence-electron chi connectivity index (χ4n) is 4.08. The van der Waals surface area contributed by atoms with Crippen molar-refractivity contribution in [3.05, 3.63) is 74.6 Å². The Morgan fingerprint density at radius 3 is 2.67 bits per heavy atom. The molecule has 0 N–H and O–H groups in total. The van der Waals surface area contributed by atoms with Gasteiger partial charge < -0.3 is 13.9 Å². The lowest BCUT2D eigenvalue weighted by Gasteiger charge is -2.23. The lowest BCUT2D eigenvalue weighted by atomic mass is 9.98. The quantitative estimate of drug-likeness (QED) is 0.419. The molecule has 2 aromatic carbocycles. The van der Waals surface area contributed by atoms with Crippen molar-refractivity contribution < 1.29 is 18.7 Å². The number of carbonyl (C=O) groups is 1. The highest BCUT2D eigenvalue weighted by Gasteiger charge is 2.46. The van der Waals surface area contributed by atoms with Crippen LogP contribution in [0.4, 0.5) is 5.13 Å². The van der Waals surface area contributed by atoms with Gasteiger partial charge in [0.05, 0.1) is 24.7 Å². The van der Waals surface area contributed by atoms with Crippen molar-refractivity contribution in [1.82, 2.24) is 10.2 Å². The number of amides is 1. The maximum atomic E-state index is 13.7. The standard InChI is InChI=1S/C24H21N3O5S/c1-4-18-25-26-24(33-18)27-20(14-8-6-7-9-16(14)30-3)19-21(28)15-11-10-13(31-5-2)12-17(15)32-22(19)23(27)29/h6-12,20H,4-5H2,1-3H3. The van der Waals surface area contributed by atoms with Gasteiger partial charge in [0.1, 0.15) is 28.1 Å². The number of anilines is 1. The molecule has 0 spiro atoms. The van der Waals surface area contributed by atoms with Crippen molar-refractivity contribution in [2.45, 2.75) is 26.3 Å². The number of methoxy groups -OCH3 is 1. The van der Waals surface area contributed by atoms with E-state index in [2.05, 4.69) is 10.2 Å². The molecular weight excluding hydrogens is 442 g/mol. The van der Waals surface area contributed by atoms with Crippen LogP contribution in [-0.2, 0) is 6.42 Å². The summed E-state index contributed by atoms with van der Waals surface area (Å²) < 4.78 is 17.1. The van der Waals surface area contributed by atoms with E-state index < -0.39 is 11.9 Å². The number of hydrogen-bond donors (Lipinski definition) is 0. The van der Waals surface area contributed by atoms with Crippen molar-refractivity contribution in [2.24, 2.45) is 0 Å². The van der Waals surface area contributed by atoms with Crippen LogP contribution in [0, 0.1) is 0 Å². The maximum absolute atomic E-state index is 13.7. The van der Waals surface area contributed by atoms with E-state index in [4.69, 9.17) is 13.9 Å². The first-order valence-corrected chi connectivity index (χ1v) is 11.4. The number of aryl methyl sites for hydroxylation is 1. The average molecular weight is 464 g/mol. The molecule has 1 aliphatic heterocycles. The topological polar surface area (TPSA) is 94.8 Å². The largest absolute Gasteiger partial charge is 0.496 e. The summed E-state index contributed by atoms with van der Waals surface area (Å²) >= 11 is 1.31. The molecule has 1 atom stereocenters. The summed E-state index contributed by atoms with van der Waals surface area (Å²) in [5.74, 6) is 0.666. The van der Waals surface area contributed by atoms with Gasteiger partial charge in [-0.2, -0.15) is 0 Å². The Bertz CT molecular complexity index is 1430. The van der Waals surface area contributed by atoms with Crippen LogP contribution in [-0.4, -0.2) is 29.8 Å². The van der Waals surface area contributed by atoms with Crippen LogP contribution >= 0.6 is 11.3 Å². The average Bonchev–Trinajstić information content (AvgIpc) is 3.42. The molecule has 0 radical (unpaired) electrons. The van der Waals surface area contributed by atoms with E-state index >= 15 is 0 Å². The Balaban J connectivity index is 1.79. The summed E-state index contributed by atoms with van der Waals surface area (Å²) in [6.07, 6.45) is 0.688. The van der Waals surface area contributed by atoms with Gasteiger partial charge in [-0.3, -0.25) is 14.5 Å². The van der Waals surface area contributed by atoms with Crippen LogP contribution in [0.15, 0.2) is 51.7 Å². The molecule has 1 aliphatic rings. The summed E-state index contributed by atoms with van der Waals surface area (Å²) in [4.78, 5) is 28.8. The normalized spacial score (nSPS) is 15.2. The zero-order valence-electron chi connectivity index (χ0n) is 18.3. The molecule has 9 heteroatoms. The Morgan fingerprint density at radius 2 is 1.94 bits per heavy atom. The van der Waals surface area contributed by atoms with Gasteiger partial charge in [-0.1, -0.05) is 36.5 Å². The molecule has 33 heavy (non-hydrogen) atoms. The number of hydrogen-bond acceptors (Lipinski definition) is 8. The fourth-order valence-corrected chi connectivity index (χ4v) is 4.88. The molecule has 4 aromatic rings. The van der Waals surface area contributed by atoms with Gasteiger partial charge >= 0.3 is 0 Å². The van der Waals surface area contributed by atoms with E-state index in [1.165, 1.54) is 16.2 Å². The molecule has 0 saturated carbocycles. The van der Waals surface area contributed by atoms with Crippen LogP contribution in [0.2, 0.25) is 0 Å². The van der Waals surface area contributed by atoms with Crippen molar-refractivity contribution in [3.8, 4) is 11.5 Å². The molecule has 8 nitrogen and oxygen atoms in total. The molecule has 1 unspecified atom stereocenters. The minimum atomic E-state index is -0.756. The van der Waals surface area contributed by atoms with Crippen LogP contribution in [0.3, 0.4) is 0 Å². The third-order valence-corrected chi connectivity index (χ3v) is 6.62. The number of ether oxygens (including phenoxy) is 2. The van der Waals surface area contributed by atoms with Gasteiger partial charge in [-0.15, -0.1) is 10.2 Å². The summed E-state index contributed by atoms with van der Waals surface area (Å²) in [5.41, 5.74) is 0.943. The Morgan fingerprint density at radius 1 is 1.12 bits per heavy atom. The molecule has 5 rings (SSSR count). The van der Waals surface area contributed by atoms with E-state index in [1.807, 2.05) is 32.0 Å². The van der Waals surface area contributed by atoms with Gasteiger partial charge in [-0.05, 0) is 31.5 Å². The summed E-state index contributed by atoms with van der Waals surface area (Å²) in [6.45, 7) is 4.31. The van der Waals surface area contributed by atoms with Crippen molar-refractivity contribution >= 4 is 33.3 Å². The fraction of sp³-hybridized carbons (Fsp3) is 0.250. The van der Waals surface area contributed by atoms with E-state index in [-0.39, 0.29) is 16.8 Å². The Labute approximate surface area is 193 Å². The number of aromatic nitrogens is 2. The van der Waals surface area contributed by atoms with E-state index in [0.717, 1.165) is 5.01 Å². The molecule has 0 saturated heterocycles. The number of carbonyl (C=O) groups excluding carboxylic acids is 1. The predicted octanol–water partition coefficient (Wildman–Crippen LogP) is 4.36. The highest BCUT2D eigenvalue weighted by molar-refractivity contribution is 7.15. The summed E-state index contributed by atoms with van der Waals surface area (Å²) in [5, 5.41) is 9.98. The molecule has 0 aliphatic carbocycles. The zero-order chi connectivity index (χ0) is 23.1. The maximum Gasteiger partial charge on any atom is 0.297 e. The molecule has 1 amide bonds. The predicted molar refractivity (Wildman–Crippen MR) is 125 cm³/mol. The molecule has 2 aromatic heterocycles. The van der Waals surface area contributed by atoms with Crippen LogP contribution in [0.25, 0.3) is 11.0 Å². The third-order valence-electron chi connectivity index (χ3n) is 5.55. The summed E-state index contributed by atoms with van der Waals surface area (Å²) in [6, 6.07) is 11.6. The van der Waals surface area contributed by atoms with Crippen molar-refractivity contribution in [2.75, 3.05) is 18.6 Å². The third kappa shape index (κ3) is 3.36. The second-order valence-corrected chi connectivity index (χ2v) is 8.46. The lowest BCUT2D eigenvalue weighted by molar-refractivity contribution is 0.0970. The minimum absolute atomic E-state index is 0.00898. The second-order valence-electron chi connectivity index (χ2n) is 7.42. The highest BCUT2D eigenvalue weighted by Crippen LogP contribution is 2.44. The Hall–Kier alpha value is -3.72. The molecular formula is C24H21N3O5S. The molecule has 3 heterocycles. The molecule has 0 bridgehead atoms. The first kappa shape index (κ1) is 21.1. The van der Waals surface area contributed by atoms with Gasteiger partial charge in [0.25, 0.3) is 5.91 Å². The van der Waals surface area contributed by atoms with Crippen LogP contribution < -0.4 is 19.8 Å². The van der Waals surface area contributed by atoms with Gasteiger partial charge in [0.2, 0.25) is 10.9 Å². The lowest BCUT2D eigenvalue weighted by Crippen LogP contribution is -2.29. The molecule has 0 fully saturated rings. The number of para-hydroxylation sites is 1. The van der Waals surface area contributed by atoms with Crippen molar-refractivity contribution in [3.63, 3.8) is 0 Å². The zero-order valence-corrected chi connectivity index (χ0v) is 19.1. The molecule has 168 valence electrons. The minimum Gasteiger partial charge on any atom is -0.496 e. The second kappa shape index (κ2) is 8.32. The first-order valence-electron chi connectivity index (χ1n) is 10.6. The monoisotopic (exact) mass is 463 g/mol. The smallest absolute Gasteiger partial charge is 0.297 e. The number of nitrogens with zero attached hydrogens (tertiary/aromatic N) is 3. The van der Waals surface area contributed by atoms with E-state index in [0.29, 0.717) is 46.2 Å². The number of benzene rings is 2. The Kier molecular flexibility index (Phi) is 5.33. The number of fused-ring (bicyclic) bond motifs is 2. The van der Waals surface area contributed by atoms with Crippen LogP contribution in [0.5, 0.6) is 11.5 Å². The van der Waals surface area contributed by atoms with E-state index in [9.17, 15) is 9.59 Å². The van der Waals surface area contributed by atoms with E-state index in [1.54, 1.807) is 31.4 Å². The number of rotatable bonds is 6. The van der Waals surface area contributed by atoms with Crippen molar-refractivity contribution in [1.29, 1.82) is 0 Å². The SMILES string of the molecule is CCOc1ccc2c(=O)c3c(oc2c1)C(=O)N(c1nnc(CC)s1)C3c1ccccc1OC. The van der Waals surface area contributed by atoms with Gasteiger partial charge in [-0.25, -0.2) is 0 Å². The van der Waals surface area contributed by atoms with Gasteiger partial charge in [0, 0.05) is 11.6 Å². The summed E-state index contributed by atoms with van der Waals surface area (Å²) in [7, 11) is 1.55. The first-order chi connectivity index (χ1) is 16.1. The highest BCUT2D eigenvalue weighted by atomic mass is 32.1. The van der Waals surface area contributed by atoms with Crippen LogP contribution in [0.1, 0.15) is 46.6 Å². The van der Waals surface area contributed by atoms with Gasteiger partial charge in [0.15, 0.2) is 5.43 Å².